The maximum Gasteiger partial charge on any atom is 0.267 e. The molecule has 1 saturated heterocycles. The van der Waals surface area contributed by atoms with Gasteiger partial charge in [0.2, 0.25) is 0 Å². The highest BCUT2D eigenvalue weighted by Crippen LogP contribution is 2.45. The van der Waals surface area contributed by atoms with Crippen LogP contribution < -0.4 is 10.2 Å². The van der Waals surface area contributed by atoms with E-state index in [4.69, 9.17) is 4.98 Å². The minimum atomic E-state index is -0.0786. The van der Waals surface area contributed by atoms with Crippen molar-refractivity contribution in [3.05, 3.63) is 81.4 Å². The summed E-state index contributed by atoms with van der Waals surface area (Å²) in [5.74, 6) is 0.502. The van der Waals surface area contributed by atoms with Gasteiger partial charge < -0.3 is 10.2 Å². The van der Waals surface area contributed by atoms with Gasteiger partial charge in [0.1, 0.15) is 4.88 Å². The van der Waals surface area contributed by atoms with Gasteiger partial charge in [-0.05, 0) is 69.2 Å². The first kappa shape index (κ1) is 23.1. The Kier molecular flexibility index (Phi) is 5.97. The summed E-state index contributed by atoms with van der Waals surface area (Å²) in [6.07, 6.45) is 1.21. The third-order valence-electron chi connectivity index (χ3n) is 7.44. The van der Waals surface area contributed by atoms with E-state index in [0.717, 1.165) is 53.8 Å². The van der Waals surface area contributed by atoms with Crippen molar-refractivity contribution in [1.29, 1.82) is 0 Å². The molecule has 2 aliphatic rings. The lowest BCUT2D eigenvalue weighted by Gasteiger charge is -2.37. The van der Waals surface area contributed by atoms with E-state index in [1.165, 1.54) is 34.4 Å². The molecule has 4 aromatic rings. The summed E-state index contributed by atoms with van der Waals surface area (Å²) in [5.41, 5.74) is 6.42. The molecule has 2 atom stereocenters. The Morgan fingerprint density at radius 1 is 0.944 bits per heavy atom. The van der Waals surface area contributed by atoms with Gasteiger partial charge in [-0.1, -0.05) is 18.2 Å². The average molecular weight is 498 g/mol. The second-order valence-corrected chi connectivity index (χ2v) is 11.2. The van der Waals surface area contributed by atoms with Crippen molar-refractivity contribution in [2.24, 2.45) is 0 Å². The number of benzene rings is 2. The van der Waals surface area contributed by atoms with E-state index in [1.54, 1.807) is 0 Å². The molecule has 2 aromatic carbocycles. The first-order valence-corrected chi connectivity index (χ1v) is 13.5. The van der Waals surface area contributed by atoms with Crippen LogP contribution in [0.5, 0.6) is 0 Å². The predicted molar refractivity (Wildman–Crippen MR) is 147 cm³/mol. The Labute approximate surface area is 216 Å². The molecule has 36 heavy (non-hydrogen) atoms. The van der Waals surface area contributed by atoms with Gasteiger partial charge in [0, 0.05) is 60.6 Å². The van der Waals surface area contributed by atoms with Crippen molar-refractivity contribution in [2.45, 2.75) is 39.2 Å². The van der Waals surface area contributed by atoms with Crippen LogP contribution in [0, 0.1) is 20.8 Å². The van der Waals surface area contributed by atoms with Gasteiger partial charge in [0.05, 0.1) is 16.2 Å². The molecule has 184 valence electrons. The molecule has 1 aliphatic carbocycles. The van der Waals surface area contributed by atoms with Gasteiger partial charge >= 0.3 is 0 Å². The van der Waals surface area contributed by atoms with Crippen LogP contribution in [0.25, 0.3) is 10.9 Å². The number of thiazole rings is 1. The molecule has 0 unspecified atom stereocenters. The largest absolute Gasteiger partial charge is 0.368 e. The van der Waals surface area contributed by atoms with Crippen LogP contribution in [0.3, 0.4) is 0 Å². The molecule has 0 spiro atoms. The monoisotopic (exact) mass is 497 g/mol. The third kappa shape index (κ3) is 4.49. The number of rotatable bonds is 5. The molecule has 2 fully saturated rings. The first-order valence-electron chi connectivity index (χ1n) is 12.7. The number of anilines is 2. The molecular weight excluding hydrogens is 466 g/mol. The summed E-state index contributed by atoms with van der Waals surface area (Å²) in [4.78, 5) is 27.5. The van der Waals surface area contributed by atoms with Gasteiger partial charge in [0.25, 0.3) is 5.91 Å². The molecule has 1 N–H and O–H groups in total. The average Bonchev–Trinajstić information content (AvgIpc) is 3.60. The Balaban J connectivity index is 1.05. The number of nitrogens with one attached hydrogen (secondary N) is 1. The summed E-state index contributed by atoms with van der Waals surface area (Å²) >= 11 is 1.44. The number of aryl methyl sites for hydroxylation is 3. The second kappa shape index (κ2) is 9.30. The Morgan fingerprint density at radius 3 is 2.44 bits per heavy atom. The maximum atomic E-state index is 12.6. The number of fused-ring (bicyclic) bond motifs is 1. The van der Waals surface area contributed by atoms with Gasteiger partial charge in [-0.15, -0.1) is 11.3 Å². The molecule has 1 aliphatic heterocycles. The normalized spacial score (nSPS) is 20.0. The highest BCUT2D eigenvalue weighted by molar-refractivity contribution is 7.13. The molecule has 6 rings (SSSR count). The number of aromatic nitrogens is 2. The quantitative estimate of drug-likeness (QED) is 0.392. The molecule has 0 bridgehead atoms. The van der Waals surface area contributed by atoms with E-state index < -0.39 is 0 Å². The van der Waals surface area contributed by atoms with Crippen LogP contribution in [0.15, 0.2) is 54.6 Å². The summed E-state index contributed by atoms with van der Waals surface area (Å²) in [7, 11) is 0. The number of amides is 1. The zero-order chi connectivity index (χ0) is 24.8. The number of hydrogen-bond acceptors (Lipinski definition) is 6. The maximum absolute atomic E-state index is 12.6. The van der Waals surface area contributed by atoms with Crippen LogP contribution in [-0.4, -0.2) is 53.0 Å². The summed E-state index contributed by atoms with van der Waals surface area (Å²) < 4.78 is 0. The standard InChI is InChI=1S/C29H31N5OS/c1-18-7-12-23-25(30-18)5-4-6-26(23)33-13-15-34(16-14-33)27-17-24(27)21-8-10-22(11-9-21)32-29(35)28-19(2)31-20(3)36-28/h4-12,24,27H,13-17H2,1-3H3,(H,32,35)/t24-,27+/m1/s1. The summed E-state index contributed by atoms with van der Waals surface area (Å²) in [5, 5.41) is 5.18. The second-order valence-electron chi connectivity index (χ2n) is 9.95. The number of carbonyl (C=O) groups is 1. The van der Waals surface area contributed by atoms with E-state index >= 15 is 0 Å². The lowest BCUT2D eigenvalue weighted by molar-refractivity contribution is 0.103. The van der Waals surface area contributed by atoms with E-state index in [1.807, 2.05) is 32.9 Å². The molecule has 1 amide bonds. The minimum absolute atomic E-state index is 0.0786. The molecule has 3 heterocycles. The zero-order valence-corrected chi connectivity index (χ0v) is 21.8. The van der Waals surface area contributed by atoms with Crippen molar-refractivity contribution in [3.63, 3.8) is 0 Å². The minimum Gasteiger partial charge on any atom is -0.368 e. The van der Waals surface area contributed by atoms with Crippen LogP contribution in [0.2, 0.25) is 0 Å². The number of nitrogens with zero attached hydrogens (tertiary/aromatic N) is 4. The summed E-state index contributed by atoms with van der Waals surface area (Å²) in [6, 6.07) is 19.8. The Morgan fingerprint density at radius 2 is 1.72 bits per heavy atom. The molecule has 0 radical (unpaired) electrons. The smallest absolute Gasteiger partial charge is 0.267 e. The lowest BCUT2D eigenvalue weighted by atomic mass is 10.1. The topological polar surface area (TPSA) is 61.4 Å². The summed E-state index contributed by atoms with van der Waals surface area (Å²) in [6.45, 7) is 10.1. The molecule has 7 heteroatoms. The number of pyridine rings is 1. The zero-order valence-electron chi connectivity index (χ0n) is 21.0. The van der Waals surface area contributed by atoms with Crippen LogP contribution in [0.4, 0.5) is 11.4 Å². The van der Waals surface area contributed by atoms with Crippen molar-refractivity contribution in [2.75, 3.05) is 36.4 Å². The fourth-order valence-corrected chi connectivity index (χ4v) is 6.31. The highest BCUT2D eigenvalue weighted by Gasteiger charge is 2.43. The predicted octanol–water partition coefficient (Wildman–Crippen LogP) is 5.55. The number of piperazine rings is 1. The molecule has 1 saturated carbocycles. The highest BCUT2D eigenvalue weighted by atomic mass is 32.1. The van der Waals surface area contributed by atoms with Gasteiger partial charge in [-0.2, -0.15) is 0 Å². The van der Waals surface area contributed by atoms with E-state index in [0.29, 0.717) is 16.8 Å². The molecular formula is C29H31N5OS. The third-order valence-corrected chi connectivity index (χ3v) is 8.51. The van der Waals surface area contributed by atoms with Crippen molar-refractivity contribution in [1.82, 2.24) is 14.9 Å². The van der Waals surface area contributed by atoms with Crippen molar-refractivity contribution >= 4 is 39.5 Å². The van der Waals surface area contributed by atoms with Gasteiger partial charge in [-0.3, -0.25) is 14.7 Å². The van der Waals surface area contributed by atoms with Gasteiger partial charge in [-0.25, -0.2) is 4.98 Å². The van der Waals surface area contributed by atoms with Crippen LogP contribution >= 0.6 is 11.3 Å². The van der Waals surface area contributed by atoms with Crippen molar-refractivity contribution in [3.8, 4) is 0 Å². The fourth-order valence-electron chi connectivity index (χ4n) is 5.50. The molecule has 6 nitrogen and oxygen atoms in total. The number of hydrogen-bond donors (Lipinski definition) is 1. The first-order chi connectivity index (χ1) is 17.5. The Bertz CT molecular complexity index is 1420. The van der Waals surface area contributed by atoms with Crippen LogP contribution in [0.1, 0.15) is 44.0 Å². The van der Waals surface area contributed by atoms with E-state index in [2.05, 4.69) is 62.6 Å². The van der Waals surface area contributed by atoms with Gasteiger partial charge in [0.15, 0.2) is 0 Å². The van der Waals surface area contributed by atoms with Crippen LogP contribution in [-0.2, 0) is 0 Å². The SMILES string of the molecule is Cc1ccc2c(N3CCN([C@H]4C[C@@H]4c4ccc(NC(=O)c5sc(C)nc5C)cc4)CC3)cccc2n1. The lowest BCUT2D eigenvalue weighted by Crippen LogP contribution is -2.47. The van der Waals surface area contributed by atoms with E-state index in [-0.39, 0.29) is 5.91 Å². The van der Waals surface area contributed by atoms with E-state index in [9.17, 15) is 4.79 Å². The number of carbonyl (C=O) groups excluding carboxylic acids is 1. The fraction of sp³-hybridized carbons (Fsp3) is 0.345. The Hall–Kier alpha value is -3.29. The molecule has 2 aromatic heterocycles. The van der Waals surface area contributed by atoms with Crippen molar-refractivity contribution < 1.29 is 4.79 Å².